The van der Waals surface area contributed by atoms with Crippen LogP contribution < -0.4 is 5.32 Å². The molecule has 5 nitrogen and oxygen atoms in total. The molecule has 1 saturated carbocycles. The van der Waals surface area contributed by atoms with Crippen LogP contribution in [0.2, 0.25) is 5.02 Å². The average molecular weight is 329 g/mol. The Morgan fingerprint density at radius 3 is 3.06 bits per heavy atom. The zero-order chi connectivity index (χ0) is 12.7. The van der Waals surface area contributed by atoms with Crippen LogP contribution in [-0.2, 0) is 0 Å². The number of nitrogens with zero attached hydrogens (tertiary/aromatic N) is 3. The monoisotopic (exact) mass is 327 g/mol. The fraction of sp³-hybridized carbons (Fsp3) is 0.364. The van der Waals surface area contributed by atoms with Gasteiger partial charge in [-0.25, -0.2) is 9.97 Å². The van der Waals surface area contributed by atoms with Crippen LogP contribution >= 0.6 is 27.5 Å². The number of anilines is 2. The van der Waals surface area contributed by atoms with E-state index in [9.17, 15) is 0 Å². The quantitative estimate of drug-likeness (QED) is 0.847. The highest BCUT2D eigenvalue weighted by Crippen LogP contribution is 2.46. The smallest absolute Gasteiger partial charge is 0.198 e. The number of H-pyrrole nitrogens is 1. The lowest BCUT2D eigenvalue weighted by Crippen LogP contribution is -1.96. The minimum Gasteiger partial charge on any atom is -0.322 e. The molecule has 0 amide bonds. The zero-order valence-electron chi connectivity index (χ0n) is 9.61. The minimum atomic E-state index is 0.461. The Hall–Kier alpha value is -1.14. The lowest BCUT2D eigenvalue weighted by Gasteiger charge is -2.03. The van der Waals surface area contributed by atoms with Gasteiger partial charge in [0.15, 0.2) is 16.4 Å². The zero-order valence-corrected chi connectivity index (χ0v) is 12.0. The summed E-state index contributed by atoms with van der Waals surface area (Å²) in [6, 6.07) is 2.00. The number of aromatic nitrogens is 4. The van der Waals surface area contributed by atoms with Crippen molar-refractivity contribution in [2.24, 2.45) is 5.92 Å². The molecule has 1 aliphatic rings. The summed E-state index contributed by atoms with van der Waals surface area (Å²) in [7, 11) is 0. The van der Waals surface area contributed by atoms with E-state index in [1.165, 1.54) is 12.6 Å². The van der Waals surface area contributed by atoms with E-state index in [4.69, 9.17) is 11.6 Å². The van der Waals surface area contributed by atoms with Crippen molar-refractivity contribution in [3.63, 3.8) is 0 Å². The summed E-state index contributed by atoms with van der Waals surface area (Å²) in [5.74, 6) is 2.62. The van der Waals surface area contributed by atoms with Crippen molar-refractivity contribution in [2.45, 2.75) is 19.3 Å². The Kier molecular flexibility index (Phi) is 2.99. The van der Waals surface area contributed by atoms with Gasteiger partial charge in [0.25, 0.3) is 0 Å². The predicted octanol–water partition coefficient (Wildman–Crippen LogP) is 3.48. The molecule has 0 spiro atoms. The number of hydrogen-bond donors (Lipinski definition) is 2. The van der Waals surface area contributed by atoms with E-state index in [1.54, 1.807) is 0 Å². The maximum Gasteiger partial charge on any atom is 0.198 e. The number of nitrogens with one attached hydrogen (secondary N) is 2. The average Bonchev–Trinajstić information content (AvgIpc) is 2.88. The second-order valence-electron chi connectivity index (χ2n) is 4.49. The summed E-state index contributed by atoms with van der Waals surface area (Å²) in [5.41, 5.74) is 1.16. The van der Waals surface area contributed by atoms with Gasteiger partial charge < -0.3 is 5.32 Å². The van der Waals surface area contributed by atoms with Gasteiger partial charge in [0.1, 0.15) is 5.02 Å². The Morgan fingerprint density at radius 2 is 2.33 bits per heavy atom. The number of aromatic amines is 1. The highest BCUT2D eigenvalue weighted by Gasteiger charge is 2.35. The standard InChI is InChI=1S/C11H11BrClN5/c1-5-2-6(5)8-3-9(18-17-8)15-10-7(13)4-14-11(12)16-10/h3-6H,2H2,1H3,(H2,14,15,16,17,18)/t5-,6-/m1/s1. The topological polar surface area (TPSA) is 66.5 Å². The number of halogens is 2. The van der Waals surface area contributed by atoms with Crippen LogP contribution in [0.25, 0.3) is 0 Å². The fourth-order valence-electron chi connectivity index (χ4n) is 1.90. The SMILES string of the molecule is C[C@@H]1C[C@H]1c1cc(Nc2nc(Br)ncc2Cl)n[nH]1. The Balaban J connectivity index is 1.79. The van der Waals surface area contributed by atoms with Crippen molar-refractivity contribution in [3.8, 4) is 0 Å². The molecule has 0 bridgehead atoms. The third kappa shape index (κ3) is 2.35. The third-order valence-electron chi connectivity index (χ3n) is 3.07. The highest BCUT2D eigenvalue weighted by molar-refractivity contribution is 9.10. The largest absolute Gasteiger partial charge is 0.322 e. The van der Waals surface area contributed by atoms with Crippen LogP contribution in [0.15, 0.2) is 17.0 Å². The Morgan fingerprint density at radius 1 is 1.56 bits per heavy atom. The van der Waals surface area contributed by atoms with E-state index in [2.05, 4.69) is 48.3 Å². The molecule has 2 atom stereocenters. The van der Waals surface area contributed by atoms with E-state index in [1.807, 2.05) is 6.07 Å². The number of hydrogen-bond acceptors (Lipinski definition) is 4. The van der Waals surface area contributed by atoms with Gasteiger partial charge in [0, 0.05) is 17.7 Å². The van der Waals surface area contributed by atoms with Crippen LogP contribution in [0.4, 0.5) is 11.6 Å². The first kappa shape index (κ1) is 11.9. The van der Waals surface area contributed by atoms with E-state index in [-0.39, 0.29) is 0 Å². The van der Waals surface area contributed by atoms with Gasteiger partial charge in [0.05, 0.1) is 6.20 Å². The van der Waals surface area contributed by atoms with Crippen LogP contribution in [0.3, 0.4) is 0 Å². The molecule has 0 unspecified atom stereocenters. The van der Waals surface area contributed by atoms with Crippen molar-refractivity contribution in [2.75, 3.05) is 5.32 Å². The molecule has 2 aromatic rings. The van der Waals surface area contributed by atoms with Crippen molar-refractivity contribution >= 4 is 39.2 Å². The van der Waals surface area contributed by atoms with Gasteiger partial charge >= 0.3 is 0 Å². The maximum absolute atomic E-state index is 6.00. The van der Waals surface area contributed by atoms with Crippen LogP contribution in [0.5, 0.6) is 0 Å². The highest BCUT2D eigenvalue weighted by atomic mass is 79.9. The van der Waals surface area contributed by atoms with Gasteiger partial charge in [-0.3, -0.25) is 5.10 Å². The number of rotatable bonds is 3. The summed E-state index contributed by atoms with van der Waals surface area (Å²) in [6.45, 7) is 2.23. The lowest BCUT2D eigenvalue weighted by molar-refractivity contribution is 0.872. The molecule has 2 aromatic heterocycles. The molecule has 1 fully saturated rings. The second kappa shape index (κ2) is 4.51. The molecule has 7 heteroatoms. The predicted molar refractivity (Wildman–Crippen MR) is 73.1 cm³/mol. The van der Waals surface area contributed by atoms with Crippen LogP contribution in [0.1, 0.15) is 25.0 Å². The molecule has 2 N–H and O–H groups in total. The molecular formula is C11H11BrClN5. The maximum atomic E-state index is 6.00. The first-order valence-corrected chi connectivity index (χ1v) is 6.81. The van der Waals surface area contributed by atoms with E-state index < -0.39 is 0 Å². The minimum absolute atomic E-state index is 0.461. The normalized spacial score (nSPS) is 21.9. The van der Waals surface area contributed by atoms with Crippen molar-refractivity contribution < 1.29 is 0 Å². The Labute approximate surface area is 117 Å². The summed E-state index contributed by atoms with van der Waals surface area (Å²) < 4.78 is 0.487. The lowest BCUT2D eigenvalue weighted by atomic mass is 10.2. The van der Waals surface area contributed by atoms with E-state index in [0.29, 0.717) is 21.5 Å². The molecule has 1 aliphatic carbocycles. The molecule has 0 saturated heterocycles. The van der Waals surface area contributed by atoms with E-state index >= 15 is 0 Å². The molecule has 0 aliphatic heterocycles. The molecule has 94 valence electrons. The molecule has 0 aromatic carbocycles. The first-order chi connectivity index (χ1) is 8.63. The summed E-state index contributed by atoms with van der Waals surface area (Å²) in [5, 5.41) is 10.8. The van der Waals surface area contributed by atoms with Crippen LogP contribution in [0, 0.1) is 5.92 Å². The summed E-state index contributed by atoms with van der Waals surface area (Å²) in [4.78, 5) is 8.10. The molecule has 3 rings (SSSR count). The van der Waals surface area contributed by atoms with E-state index in [0.717, 1.165) is 17.4 Å². The van der Waals surface area contributed by atoms with Gasteiger partial charge in [-0.05, 0) is 28.3 Å². The van der Waals surface area contributed by atoms with Gasteiger partial charge in [-0.2, -0.15) is 5.10 Å². The first-order valence-electron chi connectivity index (χ1n) is 5.64. The Bertz CT molecular complexity index is 585. The molecule has 2 heterocycles. The van der Waals surface area contributed by atoms with Crippen molar-refractivity contribution in [1.82, 2.24) is 20.2 Å². The van der Waals surface area contributed by atoms with Gasteiger partial charge in [-0.15, -0.1) is 0 Å². The summed E-state index contributed by atoms with van der Waals surface area (Å²) in [6.07, 6.45) is 2.76. The van der Waals surface area contributed by atoms with Crippen molar-refractivity contribution in [1.29, 1.82) is 0 Å². The van der Waals surface area contributed by atoms with Crippen LogP contribution in [-0.4, -0.2) is 20.2 Å². The van der Waals surface area contributed by atoms with Gasteiger partial charge in [-0.1, -0.05) is 18.5 Å². The molecule has 0 radical (unpaired) electrons. The molecule has 18 heavy (non-hydrogen) atoms. The second-order valence-corrected chi connectivity index (χ2v) is 5.61. The molecular weight excluding hydrogens is 318 g/mol. The van der Waals surface area contributed by atoms with Crippen molar-refractivity contribution in [3.05, 3.63) is 27.7 Å². The fourth-order valence-corrected chi connectivity index (χ4v) is 2.32. The van der Waals surface area contributed by atoms with Gasteiger partial charge in [0.2, 0.25) is 0 Å². The summed E-state index contributed by atoms with van der Waals surface area (Å²) >= 11 is 9.21. The third-order valence-corrected chi connectivity index (χ3v) is 3.73.